The Kier molecular flexibility index (Phi) is 8.46. The number of pyridine rings is 1. The van der Waals surface area contributed by atoms with Crippen molar-refractivity contribution in [3.8, 4) is 11.8 Å². The molecule has 0 bridgehead atoms. The largest absolute Gasteiger partial charge is 0.483 e. The molecule has 1 amide bonds. The van der Waals surface area contributed by atoms with Gasteiger partial charge in [0.2, 0.25) is 0 Å². The Bertz CT molecular complexity index is 1060. The van der Waals surface area contributed by atoms with Crippen LogP contribution in [0.15, 0.2) is 35.3 Å². The van der Waals surface area contributed by atoms with Gasteiger partial charge in [0.05, 0.1) is 5.56 Å². The molecule has 1 aromatic carbocycles. The molecule has 8 nitrogen and oxygen atoms in total. The molecule has 0 saturated heterocycles. The zero-order chi connectivity index (χ0) is 23.0. The van der Waals surface area contributed by atoms with Crippen molar-refractivity contribution in [2.75, 3.05) is 20.3 Å². The van der Waals surface area contributed by atoms with Crippen molar-refractivity contribution in [3.05, 3.63) is 63.3 Å². The number of methoxy groups -OCH3 is 1. The maximum Gasteiger partial charge on any atom is 0.268 e. The predicted molar refractivity (Wildman–Crippen MR) is 111 cm³/mol. The Labute approximate surface area is 179 Å². The minimum atomic E-state index is -0.670. The number of rotatable bonds is 10. The van der Waals surface area contributed by atoms with Crippen molar-refractivity contribution in [1.29, 1.82) is 5.26 Å². The predicted octanol–water partition coefficient (Wildman–Crippen LogP) is 2.03. The van der Waals surface area contributed by atoms with Crippen LogP contribution in [0, 0.1) is 17.1 Å². The minimum Gasteiger partial charge on any atom is -0.483 e. The summed E-state index contributed by atoms with van der Waals surface area (Å²) in [6.45, 7) is 3.86. The molecule has 0 fully saturated rings. The lowest BCUT2D eigenvalue weighted by molar-refractivity contribution is -0.123. The van der Waals surface area contributed by atoms with Crippen molar-refractivity contribution < 1.29 is 23.5 Å². The average Bonchev–Trinajstić information content (AvgIpc) is 2.73. The fourth-order valence-electron chi connectivity index (χ4n) is 2.85. The number of hydrogen-bond acceptors (Lipinski definition) is 6. The number of benzene rings is 1. The number of carbonyl (C=O) groups is 2. The number of hydrogen-bond donors (Lipinski definition) is 1. The maximum absolute atomic E-state index is 13.9. The van der Waals surface area contributed by atoms with Gasteiger partial charge in [-0.3, -0.25) is 14.4 Å². The summed E-state index contributed by atoms with van der Waals surface area (Å²) in [7, 11) is 1.52. The number of amides is 1. The van der Waals surface area contributed by atoms with E-state index >= 15 is 0 Å². The highest BCUT2D eigenvalue weighted by atomic mass is 19.1. The fourth-order valence-corrected chi connectivity index (χ4v) is 2.85. The molecule has 0 aliphatic rings. The number of carbonyl (C=O) groups excluding carboxylic acids is 2. The third-order valence-electron chi connectivity index (χ3n) is 4.21. The van der Waals surface area contributed by atoms with Gasteiger partial charge in [-0.25, -0.2) is 4.39 Å². The van der Waals surface area contributed by atoms with Crippen LogP contribution in [-0.4, -0.2) is 42.6 Å². The van der Waals surface area contributed by atoms with Crippen LogP contribution in [-0.2, 0) is 16.1 Å². The monoisotopic (exact) mass is 429 g/mol. The van der Waals surface area contributed by atoms with Crippen LogP contribution >= 0.6 is 0 Å². The van der Waals surface area contributed by atoms with E-state index in [1.807, 2.05) is 0 Å². The molecule has 0 unspecified atom stereocenters. The van der Waals surface area contributed by atoms with Crippen molar-refractivity contribution in [2.45, 2.75) is 32.9 Å². The molecular formula is C22H24FN3O5. The summed E-state index contributed by atoms with van der Waals surface area (Å²) in [6.07, 6.45) is 1.82. The van der Waals surface area contributed by atoms with Crippen LogP contribution in [0.1, 0.15) is 41.8 Å². The zero-order valence-electron chi connectivity index (χ0n) is 17.6. The summed E-state index contributed by atoms with van der Waals surface area (Å²) in [5.41, 5.74) is -0.839. The van der Waals surface area contributed by atoms with Gasteiger partial charge >= 0.3 is 0 Å². The molecular weight excluding hydrogens is 405 g/mol. The topological polar surface area (TPSA) is 110 Å². The number of nitrogens with zero attached hydrogens (tertiary/aromatic N) is 2. The second-order valence-corrected chi connectivity index (χ2v) is 7.08. The average molecular weight is 429 g/mol. The SMILES string of the molecule is COCCCn1cc(C(=O)c2cc(F)ccc2OCC(=O)NC(C)C)cc(C#N)c1=O. The van der Waals surface area contributed by atoms with Gasteiger partial charge in [-0.1, -0.05) is 0 Å². The van der Waals surface area contributed by atoms with Crippen molar-refractivity contribution in [2.24, 2.45) is 0 Å². The molecule has 164 valence electrons. The second-order valence-electron chi connectivity index (χ2n) is 7.08. The highest BCUT2D eigenvalue weighted by molar-refractivity contribution is 6.10. The molecule has 0 aliphatic heterocycles. The molecule has 1 heterocycles. The fraction of sp³-hybridized carbons (Fsp3) is 0.364. The maximum atomic E-state index is 13.9. The first-order chi connectivity index (χ1) is 14.8. The van der Waals surface area contributed by atoms with Crippen LogP contribution in [0.2, 0.25) is 0 Å². The van der Waals surface area contributed by atoms with Crippen molar-refractivity contribution >= 4 is 11.7 Å². The lowest BCUT2D eigenvalue weighted by Gasteiger charge is -2.13. The molecule has 0 aliphatic carbocycles. The number of aromatic nitrogens is 1. The standard InChI is InChI=1S/C22H24FN3O5/c1-14(2)25-20(27)13-31-19-6-5-17(23)10-18(19)21(28)16-9-15(11-24)22(29)26(12-16)7-4-8-30-3/h5-6,9-10,12,14H,4,7-8,13H2,1-3H3,(H,25,27). The highest BCUT2D eigenvalue weighted by Gasteiger charge is 2.19. The molecule has 0 atom stereocenters. The smallest absolute Gasteiger partial charge is 0.268 e. The quantitative estimate of drug-likeness (QED) is 0.457. The van der Waals surface area contributed by atoms with Crippen molar-refractivity contribution in [3.63, 3.8) is 0 Å². The van der Waals surface area contributed by atoms with Crippen LogP contribution < -0.4 is 15.6 Å². The minimum absolute atomic E-state index is 0.0148. The number of nitrogens with one attached hydrogen (secondary N) is 1. The molecule has 0 saturated carbocycles. The number of nitriles is 1. The summed E-state index contributed by atoms with van der Waals surface area (Å²) in [4.78, 5) is 37.3. The first-order valence-corrected chi connectivity index (χ1v) is 9.66. The van der Waals surface area contributed by atoms with Crippen molar-refractivity contribution in [1.82, 2.24) is 9.88 Å². The molecule has 2 aromatic rings. The first-order valence-electron chi connectivity index (χ1n) is 9.66. The Hall–Kier alpha value is -3.51. The van der Waals surface area contributed by atoms with Crippen LogP contribution in [0.3, 0.4) is 0 Å². The highest BCUT2D eigenvalue weighted by Crippen LogP contribution is 2.23. The summed E-state index contributed by atoms with van der Waals surface area (Å²) in [5.74, 6) is -1.69. The Morgan fingerprint density at radius 2 is 2.03 bits per heavy atom. The Balaban J connectivity index is 2.38. The van der Waals surface area contributed by atoms with E-state index in [0.717, 1.165) is 18.2 Å². The summed E-state index contributed by atoms with van der Waals surface area (Å²) < 4.78 is 25.5. The van der Waals surface area contributed by atoms with E-state index in [1.54, 1.807) is 19.9 Å². The summed E-state index contributed by atoms with van der Waals surface area (Å²) >= 11 is 0. The molecule has 1 aromatic heterocycles. The van der Waals surface area contributed by atoms with Gasteiger partial charge in [0, 0.05) is 38.1 Å². The van der Waals surface area contributed by atoms with E-state index in [0.29, 0.717) is 13.0 Å². The summed E-state index contributed by atoms with van der Waals surface area (Å²) in [6, 6.07) is 6.21. The lowest BCUT2D eigenvalue weighted by atomic mass is 10.0. The normalized spacial score (nSPS) is 10.6. The van der Waals surface area contributed by atoms with Gasteiger partial charge in [0.1, 0.15) is 23.2 Å². The van der Waals surface area contributed by atoms with E-state index in [9.17, 15) is 24.0 Å². The second kappa shape index (κ2) is 11.0. The van der Waals surface area contributed by atoms with Crippen LogP contribution in [0.4, 0.5) is 4.39 Å². The van der Waals surface area contributed by atoms with Gasteiger partial charge < -0.3 is 19.4 Å². The number of ether oxygens (including phenoxy) is 2. The number of halogens is 1. The summed E-state index contributed by atoms with van der Waals surface area (Å²) in [5, 5.41) is 11.9. The molecule has 9 heteroatoms. The number of aryl methyl sites for hydroxylation is 1. The van der Waals surface area contributed by atoms with Gasteiger partial charge in [-0.05, 0) is 44.5 Å². The van der Waals surface area contributed by atoms with Crippen LogP contribution in [0.5, 0.6) is 5.75 Å². The van der Waals surface area contributed by atoms with E-state index in [-0.39, 0.29) is 41.6 Å². The van der Waals surface area contributed by atoms with Gasteiger partial charge in [0.15, 0.2) is 12.4 Å². The lowest BCUT2D eigenvalue weighted by Crippen LogP contribution is -2.34. The van der Waals surface area contributed by atoms with E-state index in [4.69, 9.17) is 9.47 Å². The third kappa shape index (κ3) is 6.49. The molecule has 2 rings (SSSR count). The molecule has 31 heavy (non-hydrogen) atoms. The molecule has 0 radical (unpaired) electrons. The first kappa shape index (κ1) is 23.8. The van der Waals surface area contributed by atoms with E-state index < -0.39 is 23.1 Å². The van der Waals surface area contributed by atoms with Gasteiger partial charge in [-0.2, -0.15) is 5.26 Å². The molecule has 0 spiro atoms. The van der Waals surface area contributed by atoms with Gasteiger partial charge in [0.25, 0.3) is 11.5 Å². The number of ketones is 1. The Morgan fingerprint density at radius 3 is 2.68 bits per heavy atom. The molecule has 1 N–H and O–H groups in total. The Morgan fingerprint density at radius 1 is 1.29 bits per heavy atom. The van der Waals surface area contributed by atoms with E-state index in [2.05, 4.69) is 5.32 Å². The van der Waals surface area contributed by atoms with Crippen LogP contribution in [0.25, 0.3) is 0 Å². The van der Waals surface area contributed by atoms with E-state index in [1.165, 1.54) is 23.9 Å². The zero-order valence-corrected chi connectivity index (χ0v) is 17.6. The third-order valence-corrected chi connectivity index (χ3v) is 4.21. The van der Waals surface area contributed by atoms with Gasteiger partial charge in [-0.15, -0.1) is 0 Å².